The Kier molecular flexibility index (Phi) is 5.39. The summed E-state index contributed by atoms with van der Waals surface area (Å²) in [6, 6.07) is 18.5. The maximum Gasteiger partial charge on any atom is 0.252 e. The van der Waals surface area contributed by atoms with Crippen LogP contribution in [0.2, 0.25) is 0 Å². The fourth-order valence-electron chi connectivity index (χ4n) is 2.89. The van der Waals surface area contributed by atoms with Gasteiger partial charge in [-0.25, -0.2) is 0 Å². The third kappa shape index (κ3) is 3.63. The normalized spacial score (nSPS) is 11.8. The lowest BCUT2D eigenvalue weighted by Crippen LogP contribution is -2.28. The summed E-state index contributed by atoms with van der Waals surface area (Å²) in [6.07, 6.45) is -0.853. The second kappa shape index (κ2) is 7.89. The number of aliphatic hydroxyl groups is 1. The highest BCUT2D eigenvalue weighted by Gasteiger charge is 2.15. The Morgan fingerprint density at radius 3 is 2.50 bits per heavy atom. The van der Waals surface area contributed by atoms with E-state index < -0.39 is 6.10 Å². The second-order valence-corrected chi connectivity index (χ2v) is 5.87. The standard InChI is InChI=1S/C21H21NO4/c1-25-19-11-10-15(12-20(19)26-2)18(23)13-22-21(24)17-9-5-7-14-6-3-4-8-16(14)17/h3-12,18,23H,13H2,1-2H3,(H,22,24)/t18-/m0/s1. The number of ether oxygens (including phenoxy) is 2. The molecule has 0 aliphatic carbocycles. The molecule has 3 aromatic rings. The summed E-state index contributed by atoms with van der Waals surface area (Å²) >= 11 is 0. The molecule has 0 aliphatic rings. The number of carbonyl (C=O) groups is 1. The monoisotopic (exact) mass is 351 g/mol. The van der Waals surface area contributed by atoms with Crippen LogP contribution in [-0.2, 0) is 0 Å². The van der Waals surface area contributed by atoms with E-state index in [1.54, 1.807) is 31.4 Å². The number of hydrogen-bond donors (Lipinski definition) is 2. The van der Waals surface area contributed by atoms with E-state index in [1.807, 2.05) is 36.4 Å². The molecule has 0 aromatic heterocycles. The SMILES string of the molecule is COc1ccc([C@@H](O)CNC(=O)c2cccc3ccccc23)cc1OC. The van der Waals surface area contributed by atoms with Gasteiger partial charge in [0.05, 0.1) is 20.3 Å². The summed E-state index contributed by atoms with van der Waals surface area (Å²) in [6.45, 7) is 0.0948. The summed E-state index contributed by atoms with van der Waals surface area (Å²) in [7, 11) is 3.09. The predicted molar refractivity (Wildman–Crippen MR) is 101 cm³/mol. The summed E-state index contributed by atoms with van der Waals surface area (Å²) in [4.78, 5) is 12.6. The molecule has 5 nitrogen and oxygen atoms in total. The molecular weight excluding hydrogens is 330 g/mol. The second-order valence-electron chi connectivity index (χ2n) is 5.87. The van der Waals surface area contributed by atoms with Crippen molar-refractivity contribution < 1.29 is 19.4 Å². The number of amides is 1. The van der Waals surface area contributed by atoms with Crippen molar-refractivity contribution in [2.75, 3.05) is 20.8 Å². The molecule has 5 heteroatoms. The largest absolute Gasteiger partial charge is 0.493 e. The van der Waals surface area contributed by atoms with Gasteiger partial charge in [-0.15, -0.1) is 0 Å². The minimum atomic E-state index is -0.853. The van der Waals surface area contributed by atoms with Gasteiger partial charge in [-0.2, -0.15) is 0 Å². The number of methoxy groups -OCH3 is 2. The molecule has 0 radical (unpaired) electrons. The van der Waals surface area contributed by atoms with Gasteiger partial charge in [0, 0.05) is 12.1 Å². The molecule has 3 rings (SSSR count). The molecule has 0 spiro atoms. The van der Waals surface area contributed by atoms with Crippen LogP contribution in [0.5, 0.6) is 11.5 Å². The molecular formula is C21H21NO4. The minimum absolute atomic E-state index is 0.0948. The van der Waals surface area contributed by atoms with E-state index in [9.17, 15) is 9.90 Å². The van der Waals surface area contributed by atoms with Crippen molar-refractivity contribution in [3.8, 4) is 11.5 Å². The first-order valence-corrected chi connectivity index (χ1v) is 8.30. The average molecular weight is 351 g/mol. The topological polar surface area (TPSA) is 67.8 Å². The third-order valence-corrected chi connectivity index (χ3v) is 4.28. The lowest BCUT2D eigenvalue weighted by Gasteiger charge is -2.15. The number of rotatable bonds is 6. The van der Waals surface area contributed by atoms with E-state index >= 15 is 0 Å². The summed E-state index contributed by atoms with van der Waals surface area (Å²) in [5.41, 5.74) is 1.23. The first-order valence-electron chi connectivity index (χ1n) is 8.30. The number of hydrogen-bond acceptors (Lipinski definition) is 4. The lowest BCUT2D eigenvalue weighted by atomic mass is 10.0. The zero-order valence-corrected chi connectivity index (χ0v) is 14.7. The molecule has 1 amide bonds. The smallest absolute Gasteiger partial charge is 0.252 e. The van der Waals surface area contributed by atoms with E-state index in [0.717, 1.165) is 10.8 Å². The average Bonchev–Trinajstić information content (AvgIpc) is 2.70. The van der Waals surface area contributed by atoms with E-state index in [1.165, 1.54) is 7.11 Å². The Labute approximate surface area is 152 Å². The van der Waals surface area contributed by atoms with Gasteiger partial charge < -0.3 is 19.9 Å². The Balaban J connectivity index is 1.73. The van der Waals surface area contributed by atoms with Gasteiger partial charge in [-0.3, -0.25) is 4.79 Å². The molecule has 0 bridgehead atoms. The van der Waals surface area contributed by atoms with Gasteiger partial charge in [0.2, 0.25) is 0 Å². The molecule has 26 heavy (non-hydrogen) atoms. The number of fused-ring (bicyclic) bond motifs is 1. The van der Waals surface area contributed by atoms with E-state index in [-0.39, 0.29) is 12.5 Å². The molecule has 0 saturated heterocycles. The maximum absolute atomic E-state index is 12.6. The van der Waals surface area contributed by atoms with E-state index in [4.69, 9.17) is 9.47 Å². The van der Waals surface area contributed by atoms with Crippen LogP contribution < -0.4 is 14.8 Å². The van der Waals surface area contributed by atoms with Crippen molar-refractivity contribution in [1.82, 2.24) is 5.32 Å². The highest BCUT2D eigenvalue weighted by molar-refractivity contribution is 6.07. The predicted octanol–water partition coefficient (Wildman–Crippen LogP) is 3.32. The molecule has 0 fully saturated rings. The number of benzene rings is 3. The quantitative estimate of drug-likeness (QED) is 0.715. The van der Waals surface area contributed by atoms with Crippen LogP contribution in [0.25, 0.3) is 10.8 Å². The molecule has 0 heterocycles. The first kappa shape index (κ1) is 17.8. The number of nitrogens with one attached hydrogen (secondary N) is 1. The van der Waals surface area contributed by atoms with Gasteiger partial charge in [0.15, 0.2) is 11.5 Å². The Hall–Kier alpha value is -3.05. The van der Waals surface area contributed by atoms with Crippen molar-refractivity contribution in [1.29, 1.82) is 0 Å². The molecule has 0 unspecified atom stereocenters. The van der Waals surface area contributed by atoms with Crippen molar-refractivity contribution in [3.05, 3.63) is 71.8 Å². The van der Waals surface area contributed by atoms with Crippen LogP contribution in [0.3, 0.4) is 0 Å². The van der Waals surface area contributed by atoms with Crippen molar-refractivity contribution >= 4 is 16.7 Å². The van der Waals surface area contributed by atoms with E-state index in [2.05, 4.69) is 5.32 Å². The van der Waals surface area contributed by atoms with Crippen LogP contribution in [0.4, 0.5) is 0 Å². The maximum atomic E-state index is 12.6. The Bertz CT molecular complexity index is 918. The fraction of sp³-hybridized carbons (Fsp3) is 0.190. The number of aliphatic hydroxyl groups excluding tert-OH is 1. The zero-order chi connectivity index (χ0) is 18.5. The molecule has 134 valence electrons. The van der Waals surface area contributed by atoms with Gasteiger partial charge in [-0.1, -0.05) is 42.5 Å². The van der Waals surface area contributed by atoms with Crippen LogP contribution in [0, 0.1) is 0 Å². The van der Waals surface area contributed by atoms with Crippen molar-refractivity contribution in [2.45, 2.75) is 6.10 Å². The first-order chi connectivity index (χ1) is 12.6. The summed E-state index contributed by atoms with van der Waals surface area (Å²) < 4.78 is 10.4. The number of carbonyl (C=O) groups excluding carboxylic acids is 1. The zero-order valence-electron chi connectivity index (χ0n) is 14.7. The van der Waals surface area contributed by atoms with Gasteiger partial charge in [-0.05, 0) is 34.5 Å². The van der Waals surface area contributed by atoms with Crippen LogP contribution in [0.1, 0.15) is 22.0 Å². The van der Waals surface area contributed by atoms with Gasteiger partial charge in [0.1, 0.15) is 0 Å². The highest BCUT2D eigenvalue weighted by Crippen LogP contribution is 2.29. The Morgan fingerprint density at radius 2 is 1.73 bits per heavy atom. The van der Waals surface area contributed by atoms with Crippen LogP contribution in [-0.4, -0.2) is 31.8 Å². The summed E-state index contributed by atoms with van der Waals surface area (Å²) in [5, 5.41) is 15.1. The molecule has 0 saturated carbocycles. The molecule has 3 aromatic carbocycles. The Morgan fingerprint density at radius 1 is 1.00 bits per heavy atom. The third-order valence-electron chi connectivity index (χ3n) is 4.28. The summed E-state index contributed by atoms with van der Waals surface area (Å²) in [5.74, 6) is 0.897. The fourth-order valence-corrected chi connectivity index (χ4v) is 2.89. The minimum Gasteiger partial charge on any atom is -0.493 e. The van der Waals surface area contributed by atoms with Crippen molar-refractivity contribution in [2.24, 2.45) is 0 Å². The van der Waals surface area contributed by atoms with Crippen molar-refractivity contribution in [3.63, 3.8) is 0 Å². The molecule has 2 N–H and O–H groups in total. The lowest BCUT2D eigenvalue weighted by molar-refractivity contribution is 0.0918. The van der Waals surface area contributed by atoms with Gasteiger partial charge >= 0.3 is 0 Å². The van der Waals surface area contributed by atoms with Crippen LogP contribution >= 0.6 is 0 Å². The molecule has 1 atom stereocenters. The van der Waals surface area contributed by atoms with Gasteiger partial charge in [0.25, 0.3) is 5.91 Å². The molecule has 0 aliphatic heterocycles. The van der Waals surface area contributed by atoms with Crippen LogP contribution in [0.15, 0.2) is 60.7 Å². The highest BCUT2D eigenvalue weighted by atomic mass is 16.5. The van der Waals surface area contributed by atoms with E-state index in [0.29, 0.717) is 22.6 Å².